The molecule has 1 amide bonds. The van der Waals surface area contributed by atoms with Crippen molar-refractivity contribution in [2.45, 2.75) is 13.3 Å². The maximum absolute atomic E-state index is 11.7. The number of carbonyl (C=O) groups is 1. The molecule has 0 fully saturated rings. The third-order valence-corrected chi connectivity index (χ3v) is 2.15. The van der Waals surface area contributed by atoms with Gasteiger partial charge in [0.1, 0.15) is 0 Å². The zero-order valence-electron chi connectivity index (χ0n) is 9.36. The van der Waals surface area contributed by atoms with Crippen LogP contribution < -0.4 is 16.8 Å². The van der Waals surface area contributed by atoms with Gasteiger partial charge in [0.15, 0.2) is 0 Å². The fourth-order valence-corrected chi connectivity index (χ4v) is 1.32. The van der Waals surface area contributed by atoms with Crippen LogP contribution in [-0.2, 0) is 0 Å². The number of nitrogens with two attached hydrogens (primary N) is 2. The smallest absolute Gasteiger partial charge is 0.253 e. The summed E-state index contributed by atoms with van der Waals surface area (Å²) < 4.78 is 0. The Morgan fingerprint density at radius 3 is 2.81 bits per heavy atom. The van der Waals surface area contributed by atoms with Crippen molar-refractivity contribution in [2.24, 2.45) is 0 Å². The maximum Gasteiger partial charge on any atom is 0.253 e. The zero-order chi connectivity index (χ0) is 12.0. The van der Waals surface area contributed by atoms with E-state index in [2.05, 4.69) is 5.32 Å². The first kappa shape index (κ1) is 12.1. The Hall–Kier alpha value is -1.97. The summed E-state index contributed by atoms with van der Waals surface area (Å²) in [5, 5.41) is 2.78. The molecular weight excluding hydrogens is 202 g/mol. The second kappa shape index (κ2) is 5.80. The minimum atomic E-state index is -0.165. The average molecular weight is 219 g/mol. The molecule has 0 spiro atoms. The SMILES string of the molecule is C/C=C/CCNC(=O)c1ccc(N)cc1N. The van der Waals surface area contributed by atoms with Crippen molar-refractivity contribution in [3.05, 3.63) is 35.9 Å². The fraction of sp³-hybridized carbons (Fsp3) is 0.250. The molecule has 5 N–H and O–H groups in total. The zero-order valence-corrected chi connectivity index (χ0v) is 9.36. The van der Waals surface area contributed by atoms with E-state index in [0.717, 1.165) is 6.42 Å². The molecule has 0 atom stereocenters. The largest absolute Gasteiger partial charge is 0.399 e. The number of benzene rings is 1. The molecule has 4 heteroatoms. The minimum Gasteiger partial charge on any atom is -0.399 e. The van der Waals surface area contributed by atoms with E-state index in [1.165, 1.54) is 0 Å². The van der Waals surface area contributed by atoms with Crippen LogP contribution in [0.3, 0.4) is 0 Å². The van der Waals surface area contributed by atoms with E-state index in [1.807, 2.05) is 19.1 Å². The van der Waals surface area contributed by atoms with Crippen LogP contribution in [0.1, 0.15) is 23.7 Å². The Balaban J connectivity index is 2.59. The molecule has 1 rings (SSSR count). The highest BCUT2D eigenvalue weighted by Gasteiger charge is 2.08. The quantitative estimate of drug-likeness (QED) is 0.408. The van der Waals surface area contributed by atoms with Crippen LogP contribution in [0.4, 0.5) is 11.4 Å². The van der Waals surface area contributed by atoms with Gasteiger partial charge in [0.05, 0.1) is 5.56 Å². The molecule has 0 radical (unpaired) electrons. The molecule has 16 heavy (non-hydrogen) atoms. The number of nitrogens with one attached hydrogen (secondary N) is 1. The van der Waals surface area contributed by atoms with Crippen LogP contribution >= 0.6 is 0 Å². The van der Waals surface area contributed by atoms with Gasteiger partial charge in [-0.25, -0.2) is 0 Å². The lowest BCUT2D eigenvalue weighted by molar-refractivity contribution is 0.0955. The highest BCUT2D eigenvalue weighted by molar-refractivity contribution is 5.99. The van der Waals surface area contributed by atoms with Crippen molar-refractivity contribution in [3.63, 3.8) is 0 Å². The van der Waals surface area contributed by atoms with Crippen molar-refractivity contribution in [2.75, 3.05) is 18.0 Å². The number of anilines is 2. The summed E-state index contributed by atoms with van der Waals surface area (Å²) in [7, 11) is 0. The highest BCUT2D eigenvalue weighted by Crippen LogP contribution is 2.15. The molecule has 0 saturated heterocycles. The molecule has 86 valence electrons. The minimum absolute atomic E-state index is 0.165. The normalized spacial score (nSPS) is 10.6. The average Bonchev–Trinajstić information content (AvgIpc) is 2.24. The summed E-state index contributed by atoms with van der Waals surface area (Å²) in [6.45, 7) is 2.55. The van der Waals surface area contributed by atoms with Gasteiger partial charge in [-0.2, -0.15) is 0 Å². The molecule has 1 aromatic rings. The van der Waals surface area contributed by atoms with Gasteiger partial charge in [0.25, 0.3) is 5.91 Å². The van der Waals surface area contributed by atoms with E-state index in [0.29, 0.717) is 23.5 Å². The van der Waals surface area contributed by atoms with Crippen LogP contribution in [0.25, 0.3) is 0 Å². The molecule has 0 aliphatic carbocycles. The standard InChI is InChI=1S/C12H17N3O/c1-2-3-4-7-15-12(16)10-6-5-9(13)8-11(10)14/h2-3,5-6,8H,4,7,13-14H2,1H3,(H,15,16)/b3-2+. The van der Waals surface area contributed by atoms with Crippen LogP contribution in [-0.4, -0.2) is 12.5 Å². The van der Waals surface area contributed by atoms with Crippen molar-refractivity contribution in [1.82, 2.24) is 5.32 Å². The third-order valence-electron chi connectivity index (χ3n) is 2.15. The van der Waals surface area contributed by atoms with Crippen molar-refractivity contribution in [1.29, 1.82) is 0 Å². The lowest BCUT2D eigenvalue weighted by atomic mass is 10.1. The first-order valence-corrected chi connectivity index (χ1v) is 5.19. The van der Waals surface area contributed by atoms with Crippen LogP contribution in [0, 0.1) is 0 Å². The second-order valence-corrected chi connectivity index (χ2v) is 3.46. The molecule has 0 aromatic heterocycles. The Kier molecular flexibility index (Phi) is 4.39. The molecule has 4 nitrogen and oxygen atoms in total. The van der Waals surface area contributed by atoms with Gasteiger partial charge >= 0.3 is 0 Å². The topological polar surface area (TPSA) is 81.1 Å². The molecule has 0 aliphatic heterocycles. The molecule has 0 aliphatic rings. The summed E-state index contributed by atoms with van der Waals surface area (Å²) in [4.78, 5) is 11.7. The summed E-state index contributed by atoms with van der Waals surface area (Å²) >= 11 is 0. The maximum atomic E-state index is 11.7. The fourth-order valence-electron chi connectivity index (χ4n) is 1.32. The Morgan fingerprint density at radius 2 is 2.19 bits per heavy atom. The number of allylic oxidation sites excluding steroid dienone is 1. The summed E-state index contributed by atoms with van der Waals surface area (Å²) in [5.74, 6) is -0.165. The van der Waals surface area contributed by atoms with Gasteiger partial charge < -0.3 is 16.8 Å². The monoisotopic (exact) mass is 219 g/mol. The number of hydrogen-bond acceptors (Lipinski definition) is 3. The van der Waals surface area contributed by atoms with E-state index in [1.54, 1.807) is 18.2 Å². The summed E-state index contributed by atoms with van der Waals surface area (Å²) in [5.41, 5.74) is 12.7. The Bertz CT molecular complexity index is 399. The van der Waals surface area contributed by atoms with E-state index >= 15 is 0 Å². The predicted molar refractivity (Wildman–Crippen MR) is 67.0 cm³/mol. The van der Waals surface area contributed by atoms with E-state index in [4.69, 9.17) is 11.5 Å². The van der Waals surface area contributed by atoms with Crippen LogP contribution in [0.5, 0.6) is 0 Å². The first-order chi connectivity index (χ1) is 7.65. The molecule has 0 saturated carbocycles. The van der Waals surface area contributed by atoms with Crippen molar-refractivity contribution < 1.29 is 4.79 Å². The summed E-state index contributed by atoms with van der Waals surface area (Å²) in [6.07, 6.45) is 4.76. The van der Waals surface area contributed by atoms with E-state index in [9.17, 15) is 4.79 Å². The van der Waals surface area contributed by atoms with Gasteiger partial charge in [-0.1, -0.05) is 12.2 Å². The molecule has 0 bridgehead atoms. The lowest BCUT2D eigenvalue weighted by Gasteiger charge is -2.07. The van der Waals surface area contributed by atoms with E-state index < -0.39 is 0 Å². The van der Waals surface area contributed by atoms with Crippen molar-refractivity contribution >= 4 is 17.3 Å². The summed E-state index contributed by atoms with van der Waals surface area (Å²) in [6, 6.07) is 4.88. The number of amides is 1. The number of hydrogen-bond donors (Lipinski definition) is 3. The van der Waals surface area contributed by atoms with Gasteiger partial charge in [-0.3, -0.25) is 4.79 Å². The third kappa shape index (κ3) is 3.31. The van der Waals surface area contributed by atoms with Gasteiger partial charge in [0.2, 0.25) is 0 Å². The highest BCUT2D eigenvalue weighted by atomic mass is 16.1. The lowest BCUT2D eigenvalue weighted by Crippen LogP contribution is -2.25. The number of carbonyl (C=O) groups excluding carboxylic acids is 1. The second-order valence-electron chi connectivity index (χ2n) is 3.46. The predicted octanol–water partition coefficient (Wildman–Crippen LogP) is 1.55. The molecule has 0 unspecified atom stereocenters. The Labute approximate surface area is 95.3 Å². The van der Waals surface area contributed by atoms with Gasteiger partial charge in [-0.15, -0.1) is 0 Å². The molecular formula is C12H17N3O. The number of rotatable bonds is 4. The van der Waals surface area contributed by atoms with Crippen LogP contribution in [0.15, 0.2) is 30.4 Å². The first-order valence-electron chi connectivity index (χ1n) is 5.19. The van der Waals surface area contributed by atoms with Crippen molar-refractivity contribution in [3.8, 4) is 0 Å². The molecule has 0 heterocycles. The Morgan fingerprint density at radius 1 is 1.44 bits per heavy atom. The molecule has 1 aromatic carbocycles. The van der Waals surface area contributed by atoms with Gasteiger partial charge in [-0.05, 0) is 31.5 Å². The van der Waals surface area contributed by atoms with Crippen LogP contribution in [0.2, 0.25) is 0 Å². The van der Waals surface area contributed by atoms with Gasteiger partial charge in [0, 0.05) is 17.9 Å². The number of nitrogen functional groups attached to an aromatic ring is 2. The van der Waals surface area contributed by atoms with E-state index in [-0.39, 0.29) is 5.91 Å².